The second-order valence-corrected chi connectivity index (χ2v) is 15.3. The molecule has 0 amide bonds. The molecule has 0 unspecified atom stereocenters. The monoisotopic (exact) mass is 750 g/mol. The third-order valence-electron chi connectivity index (χ3n) is 11.8. The Kier molecular flexibility index (Phi) is 7.50. The fourth-order valence-corrected chi connectivity index (χ4v) is 8.89. The summed E-state index contributed by atoms with van der Waals surface area (Å²) in [6.45, 7) is 0. The van der Waals surface area contributed by atoms with Gasteiger partial charge < -0.3 is 4.57 Å². The van der Waals surface area contributed by atoms with Crippen LogP contribution in [0.5, 0.6) is 0 Å². The molecule has 0 fully saturated rings. The van der Waals surface area contributed by atoms with E-state index in [0.29, 0.717) is 17.5 Å². The molecule has 10 aromatic carbocycles. The van der Waals surface area contributed by atoms with Crippen LogP contribution in [0.1, 0.15) is 0 Å². The normalized spacial score (nSPS) is 11.7. The first-order valence-electron chi connectivity index (χ1n) is 20.0. The first-order chi connectivity index (χ1) is 29.2. The van der Waals surface area contributed by atoms with Crippen LogP contribution in [-0.2, 0) is 0 Å². The lowest BCUT2D eigenvalue weighted by Gasteiger charge is -2.17. The van der Waals surface area contributed by atoms with Gasteiger partial charge in [-0.15, -0.1) is 0 Å². The molecule has 0 saturated carbocycles. The molecular weight excluding hydrogens is 717 g/mol. The van der Waals surface area contributed by atoms with Crippen molar-refractivity contribution in [1.82, 2.24) is 19.5 Å². The van der Waals surface area contributed by atoms with Crippen LogP contribution in [0.15, 0.2) is 206 Å². The molecule has 2 aromatic heterocycles. The second kappa shape index (κ2) is 13.3. The van der Waals surface area contributed by atoms with Gasteiger partial charge in [0.2, 0.25) is 0 Å². The molecule has 274 valence electrons. The van der Waals surface area contributed by atoms with Crippen molar-refractivity contribution in [2.45, 2.75) is 0 Å². The predicted molar refractivity (Wildman–Crippen MR) is 246 cm³/mol. The average molecular weight is 751 g/mol. The summed E-state index contributed by atoms with van der Waals surface area (Å²) in [5.41, 5.74) is 8.36. The molecule has 0 aliphatic rings. The Bertz CT molecular complexity index is 3520. The summed E-state index contributed by atoms with van der Waals surface area (Å²) in [6.07, 6.45) is 0. The van der Waals surface area contributed by atoms with Gasteiger partial charge in [-0.3, -0.25) is 0 Å². The summed E-state index contributed by atoms with van der Waals surface area (Å²) in [5, 5.41) is 12.0. The molecule has 0 spiro atoms. The SMILES string of the molecule is c1ccc(-c2nc(-c3ccc4ccccc4c3)nc(-c3ccc(-n4c5cc6ccccc6cc5c5cc6ccccc6cc54)cc3-c3cccc4ccccc34)n2)cc1. The molecule has 0 atom stereocenters. The zero-order valence-corrected chi connectivity index (χ0v) is 31.9. The highest BCUT2D eigenvalue weighted by Crippen LogP contribution is 2.41. The maximum atomic E-state index is 5.30. The van der Waals surface area contributed by atoms with Crippen molar-refractivity contribution >= 4 is 64.9 Å². The van der Waals surface area contributed by atoms with Gasteiger partial charge in [0.05, 0.1) is 11.0 Å². The van der Waals surface area contributed by atoms with Crippen molar-refractivity contribution < 1.29 is 0 Å². The number of hydrogen-bond donors (Lipinski definition) is 0. The molecule has 0 saturated heterocycles. The van der Waals surface area contributed by atoms with E-state index in [0.717, 1.165) is 49.9 Å². The van der Waals surface area contributed by atoms with Crippen LogP contribution in [0, 0.1) is 0 Å². The third-order valence-corrected chi connectivity index (χ3v) is 11.8. The lowest BCUT2D eigenvalue weighted by atomic mass is 9.93. The van der Waals surface area contributed by atoms with Crippen molar-refractivity contribution in [3.8, 4) is 51.0 Å². The molecule has 0 radical (unpaired) electrons. The Labute approximate surface area is 340 Å². The lowest BCUT2D eigenvalue weighted by molar-refractivity contribution is 1.07. The molecular formula is C55H34N4. The average Bonchev–Trinajstić information content (AvgIpc) is 3.61. The van der Waals surface area contributed by atoms with Gasteiger partial charge >= 0.3 is 0 Å². The van der Waals surface area contributed by atoms with E-state index in [9.17, 15) is 0 Å². The summed E-state index contributed by atoms with van der Waals surface area (Å²) < 4.78 is 2.44. The summed E-state index contributed by atoms with van der Waals surface area (Å²) in [5.74, 6) is 1.89. The van der Waals surface area contributed by atoms with Crippen LogP contribution in [0.25, 0.3) is 116 Å². The topological polar surface area (TPSA) is 43.6 Å². The first kappa shape index (κ1) is 33.2. The first-order valence-corrected chi connectivity index (χ1v) is 20.0. The molecule has 0 bridgehead atoms. The largest absolute Gasteiger partial charge is 0.309 e. The van der Waals surface area contributed by atoms with Gasteiger partial charge in [0, 0.05) is 33.2 Å². The zero-order valence-electron chi connectivity index (χ0n) is 31.9. The van der Waals surface area contributed by atoms with Crippen molar-refractivity contribution in [2.75, 3.05) is 0 Å². The molecule has 12 aromatic rings. The van der Waals surface area contributed by atoms with Gasteiger partial charge in [-0.05, 0) is 103 Å². The fraction of sp³-hybridized carbons (Fsp3) is 0. The van der Waals surface area contributed by atoms with Crippen molar-refractivity contribution in [3.05, 3.63) is 206 Å². The van der Waals surface area contributed by atoms with Crippen LogP contribution in [0.4, 0.5) is 0 Å². The number of nitrogens with zero attached hydrogens (tertiary/aromatic N) is 4. The Morgan fingerprint density at radius 1 is 0.271 bits per heavy atom. The van der Waals surface area contributed by atoms with Gasteiger partial charge in [0.1, 0.15) is 0 Å². The highest BCUT2D eigenvalue weighted by Gasteiger charge is 2.21. The number of benzene rings is 10. The minimum absolute atomic E-state index is 0.621. The summed E-state index contributed by atoms with van der Waals surface area (Å²) in [7, 11) is 0. The Morgan fingerprint density at radius 2 is 0.797 bits per heavy atom. The second-order valence-electron chi connectivity index (χ2n) is 15.3. The highest BCUT2D eigenvalue weighted by molar-refractivity contribution is 6.17. The van der Waals surface area contributed by atoms with E-state index in [1.165, 1.54) is 48.5 Å². The van der Waals surface area contributed by atoms with Crippen molar-refractivity contribution in [1.29, 1.82) is 0 Å². The molecule has 12 rings (SSSR count). The maximum absolute atomic E-state index is 5.30. The van der Waals surface area contributed by atoms with Gasteiger partial charge in [0.15, 0.2) is 17.5 Å². The zero-order chi connectivity index (χ0) is 38.9. The Hall–Kier alpha value is -7.95. The third kappa shape index (κ3) is 5.57. The van der Waals surface area contributed by atoms with Crippen LogP contribution in [0.2, 0.25) is 0 Å². The molecule has 0 aliphatic heterocycles. The van der Waals surface area contributed by atoms with E-state index in [2.05, 4.69) is 193 Å². The molecule has 4 nitrogen and oxygen atoms in total. The summed E-state index contributed by atoms with van der Waals surface area (Å²) in [4.78, 5) is 15.7. The van der Waals surface area contributed by atoms with E-state index < -0.39 is 0 Å². The number of aromatic nitrogens is 4. The van der Waals surface area contributed by atoms with E-state index in [4.69, 9.17) is 15.0 Å². The molecule has 4 heteroatoms. The number of fused-ring (bicyclic) bond motifs is 7. The highest BCUT2D eigenvalue weighted by atomic mass is 15.0. The molecule has 0 N–H and O–H groups in total. The number of hydrogen-bond acceptors (Lipinski definition) is 3. The smallest absolute Gasteiger partial charge is 0.164 e. The van der Waals surface area contributed by atoms with Crippen LogP contribution >= 0.6 is 0 Å². The maximum Gasteiger partial charge on any atom is 0.164 e. The molecule has 2 heterocycles. The van der Waals surface area contributed by atoms with E-state index in [1.54, 1.807) is 0 Å². The number of rotatable bonds is 5. The quantitative estimate of drug-likeness (QED) is 0.176. The van der Waals surface area contributed by atoms with Gasteiger partial charge in [-0.1, -0.05) is 158 Å². The Morgan fingerprint density at radius 3 is 1.47 bits per heavy atom. The van der Waals surface area contributed by atoms with Crippen molar-refractivity contribution in [2.24, 2.45) is 0 Å². The predicted octanol–water partition coefficient (Wildman–Crippen LogP) is 14.2. The Balaban J connectivity index is 1.16. The van der Waals surface area contributed by atoms with Crippen LogP contribution < -0.4 is 0 Å². The van der Waals surface area contributed by atoms with Crippen LogP contribution in [-0.4, -0.2) is 19.5 Å². The van der Waals surface area contributed by atoms with Gasteiger partial charge in [-0.2, -0.15) is 0 Å². The fourth-order valence-electron chi connectivity index (χ4n) is 8.89. The summed E-state index contributed by atoms with van der Waals surface area (Å²) >= 11 is 0. The standard InChI is InChI=1S/C55H34N4/c1-2-15-37(16-3-1)53-56-54(43-26-25-35-13-4-5-17-38(35)29-43)58-55(57-53)47-28-27-44(34-48(47)46-24-12-22-36-14-10-11-23-45(36)46)59-51-32-41-20-8-6-18-39(41)30-49(51)50-31-40-19-7-9-21-42(40)33-52(50)59/h1-34H. The summed E-state index contributed by atoms with van der Waals surface area (Å²) in [6, 6.07) is 73.7. The van der Waals surface area contributed by atoms with E-state index >= 15 is 0 Å². The van der Waals surface area contributed by atoms with E-state index in [1.807, 2.05) is 18.2 Å². The molecule has 0 aliphatic carbocycles. The van der Waals surface area contributed by atoms with Crippen molar-refractivity contribution in [3.63, 3.8) is 0 Å². The minimum atomic E-state index is 0.621. The van der Waals surface area contributed by atoms with Crippen LogP contribution in [0.3, 0.4) is 0 Å². The molecule has 59 heavy (non-hydrogen) atoms. The van der Waals surface area contributed by atoms with Gasteiger partial charge in [0.25, 0.3) is 0 Å². The van der Waals surface area contributed by atoms with E-state index in [-0.39, 0.29) is 0 Å². The van der Waals surface area contributed by atoms with Gasteiger partial charge in [-0.25, -0.2) is 15.0 Å². The lowest BCUT2D eigenvalue weighted by Crippen LogP contribution is -2.02. The minimum Gasteiger partial charge on any atom is -0.309 e.